The maximum absolute atomic E-state index is 11.8. The Hall–Kier alpha value is -1.11. The summed E-state index contributed by atoms with van der Waals surface area (Å²) < 4.78 is 27.5. The van der Waals surface area contributed by atoms with Gasteiger partial charge in [-0.3, -0.25) is 4.31 Å². The Labute approximate surface area is 108 Å². The first-order valence-electron chi connectivity index (χ1n) is 6.01. The fourth-order valence-corrected chi connectivity index (χ4v) is 3.18. The Morgan fingerprint density at radius 1 is 1.33 bits per heavy atom. The van der Waals surface area contributed by atoms with Crippen LogP contribution in [0.5, 0.6) is 0 Å². The van der Waals surface area contributed by atoms with Crippen LogP contribution in [0.15, 0.2) is 18.2 Å². The Morgan fingerprint density at radius 2 is 2.06 bits per heavy atom. The average Bonchev–Trinajstić information content (AvgIpc) is 2.81. The summed E-state index contributed by atoms with van der Waals surface area (Å²) in [6.07, 6.45) is 0.764. The summed E-state index contributed by atoms with van der Waals surface area (Å²) in [5.41, 5.74) is 3.06. The molecule has 0 aromatic heterocycles. The molecular weight excluding hydrogens is 250 g/mol. The van der Waals surface area contributed by atoms with Crippen molar-refractivity contribution in [3.8, 4) is 0 Å². The number of hydrogen-bond acceptors (Lipinski definition) is 3. The van der Waals surface area contributed by atoms with Gasteiger partial charge in [0.1, 0.15) is 0 Å². The van der Waals surface area contributed by atoms with E-state index in [4.69, 9.17) is 0 Å². The van der Waals surface area contributed by atoms with Crippen molar-refractivity contribution in [2.24, 2.45) is 0 Å². The van der Waals surface area contributed by atoms with Gasteiger partial charge in [0.25, 0.3) is 0 Å². The topological polar surface area (TPSA) is 61.4 Å². The lowest BCUT2D eigenvalue weighted by atomic mass is 10.0. The van der Waals surface area contributed by atoms with Gasteiger partial charge >= 0.3 is 10.2 Å². The van der Waals surface area contributed by atoms with Gasteiger partial charge in [-0.05, 0) is 37.6 Å². The number of anilines is 1. The van der Waals surface area contributed by atoms with E-state index in [9.17, 15) is 8.42 Å². The van der Waals surface area contributed by atoms with Crippen LogP contribution in [0.2, 0.25) is 0 Å². The minimum Gasteiger partial charge on any atom is -0.313 e. The van der Waals surface area contributed by atoms with Crippen LogP contribution in [-0.2, 0) is 16.6 Å². The van der Waals surface area contributed by atoms with Gasteiger partial charge in [-0.1, -0.05) is 12.1 Å². The third-order valence-corrected chi connectivity index (χ3v) is 4.91. The number of benzene rings is 1. The zero-order valence-corrected chi connectivity index (χ0v) is 11.7. The highest BCUT2D eigenvalue weighted by Crippen LogP contribution is 2.31. The molecule has 0 radical (unpaired) electrons. The van der Waals surface area contributed by atoms with E-state index in [0.29, 0.717) is 6.54 Å². The first kappa shape index (κ1) is 13.3. The molecule has 0 saturated heterocycles. The Balaban J connectivity index is 2.37. The SMILES string of the molecule is CNC(C)c1ccc2c(c1)CCN2S(=O)(=O)NC. The van der Waals surface area contributed by atoms with Crippen molar-refractivity contribution in [2.45, 2.75) is 19.4 Å². The second kappa shape index (κ2) is 4.87. The first-order chi connectivity index (χ1) is 8.49. The molecule has 2 N–H and O–H groups in total. The van der Waals surface area contributed by atoms with Gasteiger partial charge in [0, 0.05) is 19.6 Å². The lowest BCUT2D eigenvalue weighted by Crippen LogP contribution is -2.37. The van der Waals surface area contributed by atoms with Gasteiger partial charge in [-0.25, -0.2) is 4.72 Å². The summed E-state index contributed by atoms with van der Waals surface area (Å²) in [6, 6.07) is 6.22. The molecule has 18 heavy (non-hydrogen) atoms. The molecule has 1 aromatic rings. The van der Waals surface area contributed by atoms with E-state index in [1.807, 2.05) is 19.2 Å². The molecule has 0 amide bonds. The molecule has 1 aromatic carbocycles. The molecule has 2 rings (SSSR count). The summed E-state index contributed by atoms with van der Waals surface area (Å²) in [4.78, 5) is 0. The molecule has 0 fully saturated rings. The molecular formula is C12H19N3O2S. The molecule has 1 unspecified atom stereocenters. The molecule has 100 valence electrons. The van der Waals surface area contributed by atoms with Gasteiger partial charge in [-0.2, -0.15) is 8.42 Å². The summed E-state index contributed by atoms with van der Waals surface area (Å²) in [7, 11) is -0.0346. The number of hydrogen-bond donors (Lipinski definition) is 2. The van der Waals surface area contributed by atoms with Crippen molar-refractivity contribution in [3.63, 3.8) is 0 Å². The highest BCUT2D eigenvalue weighted by molar-refractivity contribution is 7.90. The largest absolute Gasteiger partial charge is 0.313 e. The second-order valence-corrected chi connectivity index (χ2v) is 6.23. The van der Waals surface area contributed by atoms with Crippen molar-refractivity contribution in [3.05, 3.63) is 29.3 Å². The van der Waals surface area contributed by atoms with Gasteiger partial charge in [0.05, 0.1) is 5.69 Å². The summed E-state index contributed by atoms with van der Waals surface area (Å²) in [6.45, 7) is 2.59. The fraction of sp³-hybridized carbons (Fsp3) is 0.500. The zero-order valence-electron chi connectivity index (χ0n) is 10.9. The first-order valence-corrected chi connectivity index (χ1v) is 7.45. The monoisotopic (exact) mass is 269 g/mol. The quantitative estimate of drug-likeness (QED) is 0.849. The molecule has 0 bridgehead atoms. The molecule has 1 heterocycles. The molecule has 1 aliphatic heterocycles. The van der Waals surface area contributed by atoms with E-state index in [-0.39, 0.29) is 6.04 Å². The Morgan fingerprint density at radius 3 is 2.67 bits per heavy atom. The summed E-state index contributed by atoms with van der Waals surface area (Å²) in [5.74, 6) is 0. The normalized spacial score (nSPS) is 16.7. The van der Waals surface area contributed by atoms with E-state index in [0.717, 1.165) is 17.7 Å². The highest BCUT2D eigenvalue weighted by atomic mass is 32.2. The van der Waals surface area contributed by atoms with Crippen molar-refractivity contribution >= 4 is 15.9 Å². The molecule has 1 atom stereocenters. The van der Waals surface area contributed by atoms with Crippen molar-refractivity contribution in [2.75, 3.05) is 24.9 Å². The maximum atomic E-state index is 11.8. The predicted octanol–water partition coefficient (Wildman–Crippen LogP) is 0.794. The van der Waals surface area contributed by atoms with Crippen LogP contribution in [0.3, 0.4) is 0 Å². The smallest absolute Gasteiger partial charge is 0.301 e. The van der Waals surface area contributed by atoms with Crippen molar-refractivity contribution < 1.29 is 8.42 Å². The lowest BCUT2D eigenvalue weighted by molar-refractivity contribution is 0.584. The third-order valence-electron chi connectivity index (χ3n) is 3.44. The van der Waals surface area contributed by atoms with E-state index in [2.05, 4.69) is 23.0 Å². The number of fused-ring (bicyclic) bond motifs is 1. The minimum atomic E-state index is -3.38. The average molecular weight is 269 g/mol. The number of nitrogens with zero attached hydrogens (tertiary/aromatic N) is 1. The van der Waals surface area contributed by atoms with Crippen LogP contribution in [-0.4, -0.2) is 29.1 Å². The van der Waals surface area contributed by atoms with Crippen molar-refractivity contribution in [1.29, 1.82) is 0 Å². The van der Waals surface area contributed by atoms with E-state index >= 15 is 0 Å². The van der Waals surface area contributed by atoms with E-state index < -0.39 is 10.2 Å². The molecule has 6 heteroatoms. The maximum Gasteiger partial charge on any atom is 0.301 e. The van der Waals surface area contributed by atoms with Gasteiger partial charge in [0.2, 0.25) is 0 Å². The van der Waals surface area contributed by atoms with E-state index in [1.54, 1.807) is 0 Å². The summed E-state index contributed by atoms with van der Waals surface area (Å²) >= 11 is 0. The van der Waals surface area contributed by atoms with Crippen LogP contribution in [0.25, 0.3) is 0 Å². The molecule has 0 saturated carbocycles. The molecule has 5 nitrogen and oxygen atoms in total. The third kappa shape index (κ3) is 2.23. The predicted molar refractivity (Wildman–Crippen MR) is 72.9 cm³/mol. The van der Waals surface area contributed by atoms with Crippen LogP contribution < -0.4 is 14.3 Å². The number of rotatable bonds is 4. The molecule has 1 aliphatic rings. The van der Waals surface area contributed by atoms with Gasteiger partial charge in [0.15, 0.2) is 0 Å². The van der Waals surface area contributed by atoms with Gasteiger partial charge < -0.3 is 5.32 Å². The molecule has 0 aliphatic carbocycles. The van der Waals surface area contributed by atoms with Crippen LogP contribution in [0, 0.1) is 0 Å². The van der Waals surface area contributed by atoms with Crippen LogP contribution >= 0.6 is 0 Å². The second-order valence-electron chi connectivity index (χ2n) is 4.43. The summed E-state index contributed by atoms with van der Waals surface area (Å²) in [5, 5.41) is 3.18. The van der Waals surface area contributed by atoms with Crippen LogP contribution in [0.1, 0.15) is 24.1 Å². The minimum absolute atomic E-state index is 0.269. The number of nitrogens with one attached hydrogen (secondary N) is 2. The highest BCUT2D eigenvalue weighted by Gasteiger charge is 2.28. The zero-order chi connectivity index (χ0) is 13.3. The molecule has 0 spiro atoms. The lowest BCUT2D eigenvalue weighted by Gasteiger charge is -2.19. The van der Waals surface area contributed by atoms with E-state index in [1.165, 1.54) is 16.9 Å². The standard InChI is InChI=1S/C12H19N3O2S/c1-9(13-2)10-4-5-12-11(8-10)6-7-15(12)18(16,17)14-3/h4-5,8-9,13-14H,6-7H2,1-3H3. The van der Waals surface area contributed by atoms with Gasteiger partial charge in [-0.15, -0.1) is 0 Å². The Kier molecular flexibility index (Phi) is 3.61. The Bertz CT molecular complexity index is 542. The van der Waals surface area contributed by atoms with Crippen LogP contribution in [0.4, 0.5) is 5.69 Å². The fourth-order valence-electron chi connectivity index (χ4n) is 2.19. The van der Waals surface area contributed by atoms with Crippen molar-refractivity contribution in [1.82, 2.24) is 10.0 Å².